The highest BCUT2D eigenvalue weighted by Gasteiger charge is 2.70. The topological polar surface area (TPSA) is 66.8 Å². The molecule has 5 aliphatic rings. The number of rotatable bonds is 1. The van der Waals surface area contributed by atoms with Gasteiger partial charge in [-0.15, -0.1) is 0 Å². The van der Waals surface area contributed by atoms with Crippen LogP contribution in [0.5, 0.6) is 0 Å². The van der Waals surface area contributed by atoms with E-state index in [2.05, 4.69) is 54.5 Å². The summed E-state index contributed by atoms with van der Waals surface area (Å²) in [5.41, 5.74) is 1.03. The third-order valence-corrected chi connectivity index (χ3v) is 13.5. The molecule has 5 aliphatic carbocycles. The van der Waals surface area contributed by atoms with Crippen LogP contribution < -0.4 is 0 Å². The summed E-state index contributed by atoms with van der Waals surface area (Å²) in [7, 11) is 1.57. The average molecular weight is 487 g/mol. The van der Waals surface area contributed by atoms with Crippen LogP contribution in [0.15, 0.2) is 11.6 Å². The lowest BCUT2D eigenvalue weighted by atomic mass is 9.33. The molecule has 11 atom stereocenters. The summed E-state index contributed by atoms with van der Waals surface area (Å²) in [4.78, 5) is 13.4. The SMILES string of the molecule is COC(=O)[C@]12CC[C@@H](C)[C@H](C)[C@H]1C1=CC[C@@H]3[C@@]4(C)C[C@@H](O)[C@H](O)C(C)(C)C4CC[C@@]3(C)[C@]1(C)CC2. The average Bonchev–Trinajstić information content (AvgIpc) is 2.79. The first kappa shape index (κ1) is 25.8. The van der Waals surface area contributed by atoms with Gasteiger partial charge < -0.3 is 14.9 Å². The largest absolute Gasteiger partial charge is 0.469 e. The van der Waals surface area contributed by atoms with Gasteiger partial charge in [0.1, 0.15) is 0 Å². The molecule has 35 heavy (non-hydrogen) atoms. The minimum atomic E-state index is -0.663. The maximum atomic E-state index is 13.4. The number of allylic oxidation sites excluding steroid dienone is 2. The van der Waals surface area contributed by atoms with Crippen molar-refractivity contribution in [2.45, 2.75) is 112 Å². The molecule has 4 fully saturated rings. The van der Waals surface area contributed by atoms with Crippen LogP contribution in [-0.2, 0) is 9.53 Å². The van der Waals surface area contributed by atoms with Gasteiger partial charge in [-0.25, -0.2) is 0 Å². The number of ether oxygens (including phenoxy) is 1. The first-order valence-electron chi connectivity index (χ1n) is 14.4. The molecule has 0 aromatic heterocycles. The maximum absolute atomic E-state index is 13.4. The Morgan fingerprint density at radius 1 is 0.971 bits per heavy atom. The van der Waals surface area contributed by atoms with Crippen molar-refractivity contribution in [1.82, 2.24) is 0 Å². The molecule has 0 amide bonds. The number of aliphatic hydroxyl groups is 2. The van der Waals surface area contributed by atoms with Crippen molar-refractivity contribution in [2.75, 3.05) is 7.11 Å². The molecule has 0 saturated heterocycles. The van der Waals surface area contributed by atoms with Crippen molar-refractivity contribution in [3.05, 3.63) is 11.6 Å². The molecule has 0 aromatic rings. The van der Waals surface area contributed by atoms with Gasteiger partial charge in [-0.3, -0.25) is 4.79 Å². The summed E-state index contributed by atoms with van der Waals surface area (Å²) in [6.45, 7) is 16.6. The van der Waals surface area contributed by atoms with E-state index in [0.717, 1.165) is 44.9 Å². The highest BCUT2D eigenvalue weighted by Crippen LogP contribution is 2.75. The lowest BCUT2D eigenvalue weighted by Crippen LogP contribution is -2.67. The summed E-state index contributed by atoms with van der Waals surface area (Å²) in [6, 6.07) is 0. The number of hydrogen-bond acceptors (Lipinski definition) is 4. The molecule has 0 aromatic carbocycles. The molecule has 5 rings (SSSR count). The Morgan fingerprint density at radius 3 is 2.31 bits per heavy atom. The van der Waals surface area contributed by atoms with Gasteiger partial charge in [0.25, 0.3) is 0 Å². The number of methoxy groups -OCH3 is 1. The van der Waals surface area contributed by atoms with E-state index in [1.54, 1.807) is 12.7 Å². The summed E-state index contributed by atoms with van der Waals surface area (Å²) in [5.74, 6) is 2.21. The molecule has 0 radical (unpaired) electrons. The van der Waals surface area contributed by atoms with Crippen LogP contribution in [0.2, 0.25) is 0 Å². The van der Waals surface area contributed by atoms with Crippen LogP contribution in [0, 0.1) is 56.7 Å². The van der Waals surface area contributed by atoms with Gasteiger partial charge in [0, 0.05) is 0 Å². The molecule has 4 heteroatoms. The second-order valence-electron chi connectivity index (χ2n) is 14.8. The molecule has 2 N–H and O–H groups in total. The van der Waals surface area contributed by atoms with Crippen LogP contribution in [0.1, 0.15) is 99.8 Å². The van der Waals surface area contributed by atoms with Gasteiger partial charge in [-0.05, 0) is 103 Å². The highest BCUT2D eigenvalue weighted by molar-refractivity contribution is 5.78. The van der Waals surface area contributed by atoms with Crippen LogP contribution in [0.4, 0.5) is 0 Å². The molecule has 0 heterocycles. The molecule has 4 nitrogen and oxygen atoms in total. The van der Waals surface area contributed by atoms with Gasteiger partial charge >= 0.3 is 5.97 Å². The fourth-order valence-corrected chi connectivity index (χ4v) is 11.2. The third kappa shape index (κ3) is 3.02. The van der Waals surface area contributed by atoms with Gasteiger partial charge in [-0.1, -0.05) is 60.1 Å². The molecule has 4 saturated carbocycles. The van der Waals surface area contributed by atoms with E-state index in [-0.39, 0.29) is 39.0 Å². The van der Waals surface area contributed by atoms with E-state index >= 15 is 0 Å². The van der Waals surface area contributed by atoms with E-state index < -0.39 is 12.2 Å². The lowest BCUT2D eigenvalue weighted by Gasteiger charge is -2.71. The Bertz CT molecular complexity index is 923. The van der Waals surface area contributed by atoms with Crippen molar-refractivity contribution in [1.29, 1.82) is 0 Å². The van der Waals surface area contributed by atoms with Gasteiger partial charge in [0.2, 0.25) is 0 Å². The second kappa shape index (κ2) is 7.82. The third-order valence-electron chi connectivity index (χ3n) is 13.5. The molecular formula is C31H50O4. The Hall–Kier alpha value is -0.870. The Labute approximate surface area is 213 Å². The minimum absolute atomic E-state index is 0.0114. The first-order chi connectivity index (χ1) is 16.2. The summed E-state index contributed by atoms with van der Waals surface area (Å²) < 4.78 is 5.49. The lowest BCUT2D eigenvalue weighted by molar-refractivity contribution is -0.232. The van der Waals surface area contributed by atoms with Crippen LogP contribution >= 0.6 is 0 Å². The number of aliphatic hydroxyl groups excluding tert-OH is 2. The van der Waals surface area contributed by atoms with E-state index in [4.69, 9.17) is 4.74 Å². The van der Waals surface area contributed by atoms with Crippen LogP contribution in [0.25, 0.3) is 0 Å². The standard InChI is InChI=1S/C31H50O4/c1-18-11-14-31(26(34)35-8)16-15-29(6)20(24(31)19(18)2)9-10-23-28(5)17-21(32)25(33)27(3,4)22(28)12-13-30(23,29)7/h9,18-19,21-25,32-33H,10-17H2,1-8H3/t18-,19+,21-,22?,23-,24+,25+,28+,29-,30-,31+/m1/s1. The Morgan fingerprint density at radius 2 is 1.66 bits per heavy atom. The fraction of sp³-hybridized carbons (Fsp3) is 0.903. The zero-order valence-corrected chi connectivity index (χ0v) is 23.5. The van der Waals surface area contributed by atoms with Crippen LogP contribution in [-0.4, -0.2) is 35.5 Å². The number of hydrogen-bond donors (Lipinski definition) is 2. The fourth-order valence-electron chi connectivity index (χ4n) is 11.2. The molecule has 1 unspecified atom stereocenters. The van der Waals surface area contributed by atoms with Crippen molar-refractivity contribution < 1.29 is 19.7 Å². The van der Waals surface area contributed by atoms with Gasteiger partial charge in [0.15, 0.2) is 0 Å². The van der Waals surface area contributed by atoms with Crippen molar-refractivity contribution in [3.8, 4) is 0 Å². The zero-order valence-electron chi connectivity index (χ0n) is 23.5. The Kier molecular flexibility index (Phi) is 5.76. The smallest absolute Gasteiger partial charge is 0.312 e. The quantitative estimate of drug-likeness (QED) is 0.345. The molecule has 0 aliphatic heterocycles. The van der Waals surface area contributed by atoms with Gasteiger partial charge in [-0.2, -0.15) is 0 Å². The molecule has 198 valence electrons. The predicted molar refractivity (Wildman–Crippen MR) is 138 cm³/mol. The number of carbonyl (C=O) groups is 1. The maximum Gasteiger partial charge on any atom is 0.312 e. The Balaban J connectivity index is 1.62. The van der Waals surface area contributed by atoms with Crippen molar-refractivity contribution in [3.63, 3.8) is 0 Å². The predicted octanol–water partition coefficient (Wildman–Crippen LogP) is 6.15. The van der Waals surface area contributed by atoms with E-state index in [1.807, 2.05) is 0 Å². The van der Waals surface area contributed by atoms with E-state index in [1.165, 1.54) is 0 Å². The first-order valence-corrected chi connectivity index (χ1v) is 14.4. The van der Waals surface area contributed by atoms with Gasteiger partial charge in [0.05, 0.1) is 24.7 Å². The minimum Gasteiger partial charge on any atom is -0.469 e. The van der Waals surface area contributed by atoms with Crippen LogP contribution in [0.3, 0.4) is 0 Å². The zero-order chi connectivity index (χ0) is 25.8. The second-order valence-corrected chi connectivity index (χ2v) is 14.8. The summed E-state index contributed by atoms with van der Waals surface area (Å²) >= 11 is 0. The highest BCUT2D eigenvalue weighted by atomic mass is 16.5. The molecule has 0 bridgehead atoms. The normalized spacial score (nSPS) is 54.9. The van der Waals surface area contributed by atoms with E-state index in [0.29, 0.717) is 30.1 Å². The van der Waals surface area contributed by atoms with Crippen molar-refractivity contribution >= 4 is 5.97 Å². The monoisotopic (exact) mass is 486 g/mol. The molecular weight excluding hydrogens is 436 g/mol. The number of carbonyl (C=O) groups excluding carboxylic acids is 1. The molecule has 0 spiro atoms. The number of esters is 1. The number of fused-ring (bicyclic) bond motifs is 7. The summed E-state index contributed by atoms with van der Waals surface area (Å²) in [5, 5.41) is 22.0. The van der Waals surface area contributed by atoms with Crippen molar-refractivity contribution in [2.24, 2.45) is 56.7 Å². The van der Waals surface area contributed by atoms with E-state index in [9.17, 15) is 15.0 Å². The summed E-state index contributed by atoms with van der Waals surface area (Å²) in [6.07, 6.45) is 9.19.